The minimum Gasteiger partial charge on any atom is -0.443 e. The number of oxazole rings is 1. The van der Waals surface area contributed by atoms with E-state index in [1.165, 1.54) is 12.1 Å². The maximum Gasteiger partial charge on any atom is 0.270 e. The maximum atomic E-state index is 13.5. The molecule has 152 valence electrons. The molecular formula is C24H22FN3O2. The Morgan fingerprint density at radius 3 is 2.90 bits per heavy atom. The zero-order valence-corrected chi connectivity index (χ0v) is 16.5. The summed E-state index contributed by atoms with van der Waals surface area (Å²) in [5.74, 6) is 0.926. The molecule has 4 aromatic rings. The van der Waals surface area contributed by atoms with Crippen LogP contribution in [0.1, 0.15) is 53.0 Å². The van der Waals surface area contributed by atoms with Crippen molar-refractivity contribution < 1.29 is 13.6 Å². The van der Waals surface area contributed by atoms with Crippen LogP contribution in [0.25, 0.3) is 10.9 Å². The van der Waals surface area contributed by atoms with E-state index in [9.17, 15) is 9.18 Å². The smallest absolute Gasteiger partial charge is 0.270 e. The number of fused-ring (bicyclic) bond motifs is 1. The van der Waals surface area contributed by atoms with E-state index >= 15 is 0 Å². The molecule has 5 rings (SSSR count). The van der Waals surface area contributed by atoms with Crippen molar-refractivity contribution in [3.05, 3.63) is 89.5 Å². The number of nitrogens with zero attached hydrogens (tertiary/aromatic N) is 2. The first-order valence-electron chi connectivity index (χ1n) is 10.2. The molecule has 0 spiro atoms. The van der Waals surface area contributed by atoms with Crippen LogP contribution in [-0.4, -0.2) is 27.3 Å². The van der Waals surface area contributed by atoms with Crippen LogP contribution in [0.4, 0.5) is 4.39 Å². The topological polar surface area (TPSA) is 62.1 Å². The summed E-state index contributed by atoms with van der Waals surface area (Å²) in [5, 5.41) is 0.814. The number of carbonyl (C=O) groups excluding carboxylic acids is 1. The Labute approximate surface area is 173 Å². The summed E-state index contributed by atoms with van der Waals surface area (Å²) in [6, 6.07) is 16.2. The summed E-state index contributed by atoms with van der Waals surface area (Å²) in [6.45, 7) is 0.642. The molecule has 1 atom stereocenters. The highest BCUT2D eigenvalue weighted by atomic mass is 19.1. The molecule has 1 amide bonds. The quantitative estimate of drug-likeness (QED) is 0.506. The lowest BCUT2D eigenvalue weighted by atomic mass is 10.0. The average Bonchev–Trinajstić information content (AvgIpc) is 3.40. The molecular weight excluding hydrogens is 381 g/mol. The van der Waals surface area contributed by atoms with Crippen molar-refractivity contribution in [3.8, 4) is 0 Å². The first kappa shape index (κ1) is 18.6. The molecule has 0 bridgehead atoms. The second kappa shape index (κ2) is 7.78. The molecule has 0 radical (unpaired) electrons. The number of aromatic amines is 1. The molecule has 0 saturated carbocycles. The van der Waals surface area contributed by atoms with Gasteiger partial charge < -0.3 is 14.3 Å². The van der Waals surface area contributed by atoms with Crippen LogP contribution in [0.15, 0.2) is 65.2 Å². The molecule has 1 unspecified atom stereocenters. The van der Waals surface area contributed by atoms with Crippen LogP contribution in [0.5, 0.6) is 0 Å². The second-order valence-electron chi connectivity index (χ2n) is 7.75. The summed E-state index contributed by atoms with van der Waals surface area (Å²) in [5.41, 5.74) is 2.23. The van der Waals surface area contributed by atoms with E-state index in [-0.39, 0.29) is 17.8 Å². The van der Waals surface area contributed by atoms with Crippen LogP contribution in [0.2, 0.25) is 0 Å². The maximum absolute atomic E-state index is 13.5. The predicted octanol–water partition coefficient (Wildman–Crippen LogP) is 5.25. The third-order valence-corrected chi connectivity index (χ3v) is 5.66. The van der Waals surface area contributed by atoms with Crippen LogP contribution in [-0.2, 0) is 6.42 Å². The van der Waals surface area contributed by atoms with E-state index in [2.05, 4.69) is 22.1 Å². The molecule has 1 N–H and O–H groups in total. The Bertz CT molecular complexity index is 1180. The van der Waals surface area contributed by atoms with Gasteiger partial charge in [0.25, 0.3) is 5.91 Å². The molecule has 1 aliphatic rings. The monoisotopic (exact) mass is 403 g/mol. The number of aromatic nitrogens is 2. The fraction of sp³-hybridized carbons (Fsp3) is 0.250. The fourth-order valence-corrected chi connectivity index (χ4v) is 4.16. The molecule has 6 heteroatoms. The molecule has 1 fully saturated rings. The predicted molar refractivity (Wildman–Crippen MR) is 112 cm³/mol. The number of halogens is 1. The van der Waals surface area contributed by atoms with E-state index in [1.807, 2.05) is 23.1 Å². The van der Waals surface area contributed by atoms with Gasteiger partial charge in [-0.1, -0.05) is 30.3 Å². The molecule has 30 heavy (non-hydrogen) atoms. The SMILES string of the molecule is O=C(c1cc2ccc(F)cc2[nH]1)N1CCCCC1c1ncc(Cc2ccccc2)o1. The standard InChI is InChI=1S/C24H22FN3O2/c25-18-10-9-17-13-21(27-20(17)14-18)24(29)28-11-5-4-8-22(28)23-26-15-19(30-23)12-16-6-2-1-3-7-16/h1-3,6-7,9-10,13-15,22,27H,4-5,8,11-12H2. The summed E-state index contributed by atoms with van der Waals surface area (Å²) >= 11 is 0. The number of benzene rings is 2. The van der Waals surface area contributed by atoms with E-state index in [0.29, 0.717) is 30.1 Å². The van der Waals surface area contributed by atoms with Crippen LogP contribution >= 0.6 is 0 Å². The summed E-state index contributed by atoms with van der Waals surface area (Å²) < 4.78 is 19.6. The number of hydrogen-bond acceptors (Lipinski definition) is 3. The number of likely N-dealkylation sites (tertiary alicyclic amines) is 1. The summed E-state index contributed by atoms with van der Waals surface area (Å²) in [4.78, 5) is 22.6. The minimum atomic E-state index is -0.329. The summed E-state index contributed by atoms with van der Waals surface area (Å²) in [7, 11) is 0. The fourth-order valence-electron chi connectivity index (χ4n) is 4.16. The zero-order chi connectivity index (χ0) is 20.5. The number of amides is 1. The lowest BCUT2D eigenvalue weighted by Gasteiger charge is -2.33. The van der Waals surface area contributed by atoms with Crippen LogP contribution < -0.4 is 0 Å². The van der Waals surface area contributed by atoms with Crippen LogP contribution in [0.3, 0.4) is 0 Å². The molecule has 2 aromatic heterocycles. The van der Waals surface area contributed by atoms with Gasteiger partial charge in [0, 0.05) is 23.9 Å². The highest BCUT2D eigenvalue weighted by molar-refractivity contribution is 5.98. The van der Waals surface area contributed by atoms with Gasteiger partial charge in [-0.3, -0.25) is 4.79 Å². The third-order valence-electron chi connectivity index (χ3n) is 5.66. The van der Waals surface area contributed by atoms with E-state index in [1.54, 1.807) is 18.3 Å². The molecule has 2 aromatic carbocycles. The van der Waals surface area contributed by atoms with Gasteiger partial charge in [-0.2, -0.15) is 0 Å². The number of H-pyrrole nitrogens is 1. The normalized spacial score (nSPS) is 16.8. The van der Waals surface area contributed by atoms with E-state index in [0.717, 1.165) is 36.0 Å². The van der Waals surface area contributed by atoms with Crippen molar-refractivity contribution in [1.29, 1.82) is 0 Å². The van der Waals surface area contributed by atoms with E-state index < -0.39 is 0 Å². The third kappa shape index (κ3) is 3.61. The van der Waals surface area contributed by atoms with Crippen molar-refractivity contribution in [2.45, 2.75) is 31.7 Å². The van der Waals surface area contributed by atoms with Gasteiger partial charge in [0.05, 0.1) is 6.20 Å². The van der Waals surface area contributed by atoms with Gasteiger partial charge in [-0.15, -0.1) is 0 Å². The van der Waals surface area contributed by atoms with Crippen molar-refractivity contribution in [2.75, 3.05) is 6.54 Å². The minimum absolute atomic E-state index is 0.112. The number of hydrogen-bond donors (Lipinski definition) is 1. The number of carbonyl (C=O) groups is 1. The Hall–Kier alpha value is -3.41. The Kier molecular flexibility index (Phi) is 4.83. The first-order valence-corrected chi connectivity index (χ1v) is 10.2. The van der Waals surface area contributed by atoms with E-state index in [4.69, 9.17) is 4.42 Å². The highest BCUT2D eigenvalue weighted by Gasteiger charge is 2.32. The first-order chi connectivity index (χ1) is 14.7. The Morgan fingerprint density at radius 2 is 2.03 bits per heavy atom. The summed E-state index contributed by atoms with van der Waals surface area (Å²) in [6.07, 6.45) is 5.19. The van der Waals surface area contributed by atoms with Crippen molar-refractivity contribution >= 4 is 16.8 Å². The number of rotatable bonds is 4. The number of nitrogens with one attached hydrogen (secondary N) is 1. The second-order valence-corrected chi connectivity index (χ2v) is 7.75. The molecule has 1 saturated heterocycles. The van der Waals surface area contributed by atoms with Gasteiger partial charge in [-0.05, 0) is 49.1 Å². The van der Waals surface area contributed by atoms with Crippen molar-refractivity contribution in [3.63, 3.8) is 0 Å². The largest absolute Gasteiger partial charge is 0.443 e. The van der Waals surface area contributed by atoms with Gasteiger partial charge >= 0.3 is 0 Å². The molecule has 0 aliphatic carbocycles. The average molecular weight is 403 g/mol. The number of piperidine rings is 1. The molecule has 5 nitrogen and oxygen atoms in total. The lowest BCUT2D eigenvalue weighted by Crippen LogP contribution is -2.38. The molecule has 3 heterocycles. The lowest BCUT2D eigenvalue weighted by molar-refractivity contribution is 0.0565. The zero-order valence-electron chi connectivity index (χ0n) is 16.5. The van der Waals surface area contributed by atoms with Crippen molar-refractivity contribution in [2.24, 2.45) is 0 Å². The van der Waals surface area contributed by atoms with Gasteiger partial charge in [-0.25, -0.2) is 9.37 Å². The Balaban J connectivity index is 1.39. The highest BCUT2D eigenvalue weighted by Crippen LogP contribution is 2.32. The van der Waals surface area contributed by atoms with Crippen LogP contribution in [0, 0.1) is 5.82 Å². The Morgan fingerprint density at radius 1 is 1.17 bits per heavy atom. The molecule has 1 aliphatic heterocycles. The van der Waals surface area contributed by atoms with Gasteiger partial charge in [0.15, 0.2) is 0 Å². The van der Waals surface area contributed by atoms with Crippen molar-refractivity contribution in [1.82, 2.24) is 14.9 Å². The van der Waals surface area contributed by atoms with Gasteiger partial charge in [0.1, 0.15) is 23.3 Å². The van der Waals surface area contributed by atoms with Gasteiger partial charge in [0.2, 0.25) is 5.89 Å².